The van der Waals surface area contributed by atoms with E-state index in [9.17, 15) is 0 Å². The monoisotopic (exact) mass is 229 g/mol. The Morgan fingerprint density at radius 1 is 1.29 bits per heavy atom. The van der Waals surface area contributed by atoms with Crippen LogP contribution in [0.1, 0.15) is 11.3 Å². The Bertz CT molecular complexity index is 511. The van der Waals surface area contributed by atoms with E-state index in [2.05, 4.69) is 47.7 Å². The summed E-state index contributed by atoms with van der Waals surface area (Å²) < 4.78 is 2.31. The highest BCUT2D eigenvalue weighted by atomic mass is 15.2. The Morgan fingerprint density at radius 2 is 2.00 bits per heavy atom. The van der Waals surface area contributed by atoms with Crippen molar-refractivity contribution in [2.75, 3.05) is 13.1 Å². The molecule has 1 aromatic heterocycles. The van der Waals surface area contributed by atoms with Crippen LogP contribution >= 0.6 is 0 Å². The Hall–Kier alpha value is -1.32. The third-order valence-corrected chi connectivity index (χ3v) is 3.87. The summed E-state index contributed by atoms with van der Waals surface area (Å²) >= 11 is 0. The highest BCUT2D eigenvalue weighted by molar-refractivity contribution is 5.85. The maximum Gasteiger partial charge on any atom is 0.0483 e. The van der Waals surface area contributed by atoms with Crippen LogP contribution in [-0.4, -0.2) is 28.6 Å². The van der Waals surface area contributed by atoms with E-state index in [4.69, 9.17) is 5.73 Å². The van der Waals surface area contributed by atoms with E-state index in [1.165, 1.54) is 22.2 Å². The van der Waals surface area contributed by atoms with Crippen molar-refractivity contribution in [3.05, 3.63) is 35.5 Å². The number of hydrogen-bond donors (Lipinski definition) is 1. The first-order valence-corrected chi connectivity index (χ1v) is 6.17. The molecule has 2 N–H and O–H groups in total. The van der Waals surface area contributed by atoms with Crippen LogP contribution in [0, 0.1) is 6.92 Å². The van der Waals surface area contributed by atoms with Gasteiger partial charge in [-0.05, 0) is 18.6 Å². The third kappa shape index (κ3) is 1.66. The van der Waals surface area contributed by atoms with Crippen LogP contribution in [0.4, 0.5) is 0 Å². The van der Waals surface area contributed by atoms with Gasteiger partial charge in [-0.1, -0.05) is 18.2 Å². The van der Waals surface area contributed by atoms with Gasteiger partial charge in [-0.15, -0.1) is 0 Å². The summed E-state index contributed by atoms with van der Waals surface area (Å²) in [5, 5.41) is 1.37. The topological polar surface area (TPSA) is 34.2 Å². The number of para-hydroxylation sites is 1. The molecule has 0 saturated carbocycles. The van der Waals surface area contributed by atoms with Gasteiger partial charge in [-0.25, -0.2) is 0 Å². The molecule has 0 atom stereocenters. The third-order valence-electron chi connectivity index (χ3n) is 3.87. The lowest BCUT2D eigenvalue weighted by Gasteiger charge is -2.37. The average Bonchev–Trinajstić information content (AvgIpc) is 2.53. The fourth-order valence-electron chi connectivity index (χ4n) is 2.81. The van der Waals surface area contributed by atoms with E-state index < -0.39 is 0 Å². The van der Waals surface area contributed by atoms with Gasteiger partial charge in [0.2, 0.25) is 0 Å². The number of aromatic nitrogens is 1. The van der Waals surface area contributed by atoms with E-state index in [1.54, 1.807) is 0 Å². The summed E-state index contributed by atoms with van der Waals surface area (Å²) in [6.45, 7) is 5.30. The maximum atomic E-state index is 5.83. The first-order chi connectivity index (χ1) is 8.16. The van der Waals surface area contributed by atoms with E-state index in [1.807, 2.05) is 0 Å². The molecule has 0 bridgehead atoms. The number of hydrogen-bond acceptors (Lipinski definition) is 2. The molecular weight excluding hydrogens is 210 g/mol. The highest BCUT2D eigenvalue weighted by Crippen LogP contribution is 2.26. The van der Waals surface area contributed by atoms with Crippen molar-refractivity contribution in [3.63, 3.8) is 0 Å². The van der Waals surface area contributed by atoms with Crippen LogP contribution in [0.5, 0.6) is 0 Å². The summed E-state index contributed by atoms with van der Waals surface area (Å²) in [6.07, 6.45) is 0. The Balaban J connectivity index is 1.98. The summed E-state index contributed by atoms with van der Waals surface area (Å²) in [5.41, 5.74) is 9.97. The number of rotatable bonds is 2. The molecule has 0 spiro atoms. The molecule has 1 fully saturated rings. The van der Waals surface area contributed by atoms with Crippen LogP contribution in [0.3, 0.4) is 0 Å². The van der Waals surface area contributed by atoms with Gasteiger partial charge in [-0.2, -0.15) is 0 Å². The summed E-state index contributed by atoms with van der Waals surface area (Å²) in [6, 6.07) is 8.98. The van der Waals surface area contributed by atoms with Crippen LogP contribution in [-0.2, 0) is 13.6 Å². The van der Waals surface area contributed by atoms with Crippen molar-refractivity contribution in [3.8, 4) is 0 Å². The van der Waals surface area contributed by atoms with Gasteiger partial charge in [-0.3, -0.25) is 4.90 Å². The molecule has 90 valence electrons. The van der Waals surface area contributed by atoms with Gasteiger partial charge >= 0.3 is 0 Å². The molecule has 1 saturated heterocycles. The van der Waals surface area contributed by atoms with Crippen molar-refractivity contribution < 1.29 is 0 Å². The molecule has 0 amide bonds. The zero-order valence-corrected chi connectivity index (χ0v) is 10.5. The quantitative estimate of drug-likeness (QED) is 0.849. The van der Waals surface area contributed by atoms with Crippen LogP contribution in [0.2, 0.25) is 0 Å². The Labute approximate surface area is 102 Å². The largest absolute Gasteiger partial charge is 0.346 e. The van der Waals surface area contributed by atoms with E-state index in [0.29, 0.717) is 6.04 Å². The smallest absolute Gasteiger partial charge is 0.0483 e. The van der Waals surface area contributed by atoms with E-state index >= 15 is 0 Å². The fraction of sp³-hybridized carbons (Fsp3) is 0.429. The second-order valence-electron chi connectivity index (χ2n) is 5.10. The van der Waals surface area contributed by atoms with Crippen LogP contribution in [0.25, 0.3) is 10.9 Å². The minimum atomic E-state index is 0.380. The molecule has 0 radical (unpaired) electrons. The number of aryl methyl sites for hydroxylation is 2. The zero-order valence-electron chi connectivity index (χ0n) is 10.5. The highest BCUT2D eigenvalue weighted by Gasteiger charge is 2.24. The molecule has 0 aliphatic carbocycles. The number of likely N-dealkylation sites (tertiary alicyclic amines) is 1. The molecule has 3 rings (SSSR count). The van der Waals surface area contributed by atoms with Gasteiger partial charge in [0.05, 0.1) is 0 Å². The second-order valence-corrected chi connectivity index (χ2v) is 5.10. The number of fused-ring (bicyclic) bond motifs is 1. The van der Waals surface area contributed by atoms with Gasteiger partial charge in [0, 0.05) is 49.3 Å². The average molecular weight is 229 g/mol. The first kappa shape index (κ1) is 10.8. The molecule has 3 heteroatoms. The molecule has 2 aromatic rings. The predicted molar refractivity (Wildman–Crippen MR) is 70.9 cm³/mol. The summed E-state index contributed by atoms with van der Waals surface area (Å²) in [5.74, 6) is 0. The number of nitrogens with zero attached hydrogens (tertiary/aromatic N) is 2. The minimum Gasteiger partial charge on any atom is -0.346 e. The summed E-state index contributed by atoms with van der Waals surface area (Å²) in [4.78, 5) is 2.41. The molecule has 1 aliphatic rings. The zero-order chi connectivity index (χ0) is 12.0. The van der Waals surface area contributed by atoms with Crippen LogP contribution in [0.15, 0.2) is 24.3 Å². The molecule has 1 aliphatic heterocycles. The number of nitrogens with two attached hydrogens (primary N) is 1. The molecule has 2 heterocycles. The normalized spacial score (nSPS) is 17.6. The SMILES string of the molecule is Cc1c(CN2CC(N)C2)n(C)c2ccccc12. The van der Waals surface area contributed by atoms with Crippen molar-refractivity contribution in [2.45, 2.75) is 19.5 Å². The van der Waals surface area contributed by atoms with Gasteiger partial charge in [0.1, 0.15) is 0 Å². The van der Waals surface area contributed by atoms with Crippen molar-refractivity contribution in [1.82, 2.24) is 9.47 Å². The standard InChI is InChI=1S/C14H19N3/c1-10-12-5-3-4-6-13(12)16(2)14(10)9-17-7-11(15)8-17/h3-6,11H,7-9,15H2,1-2H3. The molecule has 17 heavy (non-hydrogen) atoms. The minimum absolute atomic E-state index is 0.380. The molecule has 1 aromatic carbocycles. The second kappa shape index (κ2) is 3.86. The lowest BCUT2D eigenvalue weighted by atomic mass is 10.1. The van der Waals surface area contributed by atoms with E-state index in [-0.39, 0.29) is 0 Å². The van der Waals surface area contributed by atoms with Gasteiger partial charge < -0.3 is 10.3 Å². The van der Waals surface area contributed by atoms with Crippen molar-refractivity contribution >= 4 is 10.9 Å². The molecule has 0 unspecified atom stereocenters. The van der Waals surface area contributed by atoms with Crippen molar-refractivity contribution in [2.24, 2.45) is 12.8 Å². The summed E-state index contributed by atoms with van der Waals surface area (Å²) in [7, 11) is 2.16. The van der Waals surface area contributed by atoms with Crippen molar-refractivity contribution in [1.29, 1.82) is 0 Å². The van der Waals surface area contributed by atoms with Gasteiger partial charge in [0.15, 0.2) is 0 Å². The maximum absolute atomic E-state index is 5.83. The lowest BCUT2D eigenvalue weighted by molar-refractivity contribution is 0.139. The fourth-order valence-corrected chi connectivity index (χ4v) is 2.81. The first-order valence-electron chi connectivity index (χ1n) is 6.17. The predicted octanol–water partition coefficient (Wildman–Crippen LogP) is 1.63. The Kier molecular flexibility index (Phi) is 2.45. The lowest BCUT2D eigenvalue weighted by Crippen LogP contribution is -2.55. The van der Waals surface area contributed by atoms with Crippen LogP contribution < -0.4 is 5.73 Å². The molecule has 3 nitrogen and oxygen atoms in total. The number of benzene rings is 1. The molecular formula is C14H19N3. The Morgan fingerprint density at radius 3 is 2.65 bits per heavy atom. The van der Waals surface area contributed by atoms with E-state index in [0.717, 1.165) is 19.6 Å². The van der Waals surface area contributed by atoms with Gasteiger partial charge in [0.25, 0.3) is 0 Å².